The fraction of sp³-hybridized carbons (Fsp3) is 0.600. The molecular weight excluding hydrogens is 276 g/mol. The highest BCUT2D eigenvalue weighted by atomic mass is 16.6. The van der Waals surface area contributed by atoms with Crippen LogP contribution in [0.15, 0.2) is 15.8 Å². The second-order valence-electron chi connectivity index (χ2n) is 4.21. The Balaban J connectivity index is 0.00000180. The lowest BCUT2D eigenvalue weighted by Gasteiger charge is -2.17. The van der Waals surface area contributed by atoms with Crippen molar-refractivity contribution in [1.82, 2.24) is 9.55 Å². The normalized spacial score (nSPS) is 28.6. The van der Waals surface area contributed by atoms with Gasteiger partial charge in [-0.2, -0.15) is 0 Å². The number of hydrogen-bond donors (Lipinski definition) is 4. The summed E-state index contributed by atoms with van der Waals surface area (Å²) in [4.78, 5) is 24.9. The number of rotatable bonds is 2. The molecule has 116 valence electrons. The van der Waals surface area contributed by atoms with Crippen molar-refractivity contribution in [2.24, 2.45) is 0 Å². The molecule has 0 amide bonds. The molecule has 1 aromatic rings. The predicted octanol–water partition coefficient (Wildman–Crippen LogP) is -4.19. The van der Waals surface area contributed by atoms with Crippen LogP contribution in [0.2, 0.25) is 0 Å². The average molecular weight is 294 g/mol. The SMILES string of the molecule is Cc1cn([C@@H]2O[C@H](CO)[C@@H](O)[C@H]2O)c(=O)[nH]c1=O.O.O. The van der Waals surface area contributed by atoms with Gasteiger partial charge in [0.1, 0.15) is 18.3 Å². The summed E-state index contributed by atoms with van der Waals surface area (Å²) in [6, 6.07) is 0. The van der Waals surface area contributed by atoms with Crippen LogP contribution in [0.1, 0.15) is 11.8 Å². The standard InChI is InChI=1S/C10H14N2O6.2H2O/c1-4-2-12(10(17)11-8(4)16)9-7(15)6(14)5(3-13)18-9;;/h2,5-7,9,13-15H,3H2,1H3,(H,11,16,17);2*1H2/t5-,6-,7-,9-;;/m1../s1. The smallest absolute Gasteiger partial charge is 0.330 e. The highest BCUT2D eigenvalue weighted by Crippen LogP contribution is 2.27. The first-order chi connectivity index (χ1) is 8.45. The number of ether oxygens (including phenoxy) is 1. The van der Waals surface area contributed by atoms with Gasteiger partial charge in [0.2, 0.25) is 0 Å². The lowest BCUT2D eigenvalue weighted by atomic mass is 10.1. The molecule has 1 fully saturated rings. The minimum atomic E-state index is -1.36. The number of aryl methyl sites for hydroxylation is 1. The topological polar surface area (TPSA) is 188 Å². The maximum atomic E-state index is 11.6. The van der Waals surface area contributed by atoms with Gasteiger partial charge in [0.05, 0.1) is 6.61 Å². The fourth-order valence-electron chi connectivity index (χ4n) is 1.88. The van der Waals surface area contributed by atoms with E-state index in [2.05, 4.69) is 4.98 Å². The number of nitrogens with one attached hydrogen (secondary N) is 1. The Labute approximate surface area is 112 Å². The van der Waals surface area contributed by atoms with E-state index in [-0.39, 0.29) is 16.5 Å². The lowest BCUT2D eigenvalue weighted by molar-refractivity contribution is -0.0551. The van der Waals surface area contributed by atoms with Crippen molar-refractivity contribution < 1.29 is 31.0 Å². The molecule has 2 heterocycles. The third kappa shape index (κ3) is 2.95. The van der Waals surface area contributed by atoms with E-state index in [4.69, 9.17) is 9.84 Å². The molecule has 10 nitrogen and oxygen atoms in total. The summed E-state index contributed by atoms with van der Waals surface area (Å²) in [6.07, 6.45) is -3.52. The van der Waals surface area contributed by atoms with E-state index in [0.717, 1.165) is 4.57 Å². The van der Waals surface area contributed by atoms with Gasteiger partial charge in [0.25, 0.3) is 5.56 Å². The van der Waals surface area contributed by atoms with Gasteiger partial charge in [-0.1, -0.05) is 0 Å². The molecule has 4 atom stereocenters. The van der Waals surface area contributed by atoms with Crippen LogP contribution in [-0.4, -0.2) is 60.7 Å². The van der Waals surface area contributed by atoms with E-state index in [0.29, 0.717) is 0 Å². The molecule has 0 saturated carbocycles. The van der Waals surface area contributed by atoms with Crippen molar-refractivity contribution in [3.05, 3.63) is 32.6 Å². The zero-order chi connectivity index (χ0) is 13.4. The molecule has 1 aliphatic heterocycles. The zero-order valence-electron chi connectivity index (χ0n) is 10.6. The van der Waals surface area contributed by atoms with Crippen LogP contribution in [0.4, 0.5) is 0 Å². The predicted molar refractivity (Wildman–Crippen MR) is 66.3 cm³/mol. The minimum absolute atomic E-state index is 0. The van der Waals surface area contributed by atoms with Gasteiger partial charge in [0, 0.05) is 11.8 Å². The van der Waals surface area contributed by atoms with E-state index >= 15 is 0 Å². The summed E-state index contributed by atoms with van der Waals surface area (Å²) in [7, 11) is 0. The van der Waals surface area contributed by atoms with E-state index in [1.165, 1.54) is 13.1 Å². The van der Waals surface area contributed by atoms with Gasteiger partial charge in [-0.05, 0) is 6.92 Å². The molecule has 1 aromatic heterocycles. The molecule has 8 N–H and O–H groups in total. The number of aromatic nitrogens is 2. The lowest BCUT2D eigenvalue weighted by Crippen LogP contribution is -2.38. The van der Waals surface area contributed by atoms with Crippen molar-refractivity contribution >= 4 is 0 Å². The van der Waals surface area contributed by atoms with Crippen LogP contribution >= 0.6 is 0 Å². The van der Waals surface area contributed by atoms with E-state index in [9.17, 15) is 19.8 Å². The molecule has 20 heavy (non-hydrogen) atoms. The van der Waals surface area contributed by atoms with Crippen molar-refractivity contribution in [3.63, 3.8) is 0 Å². The van der Waals surface area contributed by atoms with Crippen LogP contribution < -0.4 is 11.2 Å². The maximum absolute atomic E-state index is 11.6. The van der Waals surface area contributed by atoms with Gasteiger partial charge in [-0.25, -0.2) is 4.79 Å². The van der Waals surface area contributed by atoms with E-state index in [1.54, 1.807) is 0 Å². The largest absolute Gasteiger partial charge is 0.412 e. The van der Waals surface area contributed by atoms with Crippen LogP contribution in [-0.2, 0) is 4.74 Å². The number of aromatic amines is 1. The zero-order valence-corrected chi connectivity index (χ0v) is 10.6. The third-order valence-corrected chi connectivity index (χ3v) is 2.94. The molecular formula is C10H18N2O8. The van der Waals surface area contributed by atoms with Crippen LogP contribution in [0, 0.1) is 6.92 Å². The quantitative estimate of drug-likeness (QED) is 0.427. The summed E-state index contributed by atoms with van der Waals surface area (Å²) in [5.74, 6) is 0. The first-order valence-corrected chi connectivity index (χ1v) is 5.40. The summed E-state index contributed by atoms with van der Waals surface area (Å²) >= 11 is 0. The van der Waals surface area contributed by atoms with Crippen LogP contribution in [0.3, 0.4) is 0 Å². The Morgan fingerprint density at radius 2 is 1.90 bits per heavy atom. The molecule has 0 aromatic carbocycles. The van der Waals surface area contributed by atoms with Crippen molar-refractivity contribution in [2.45, 2.75) is 31.5 Å². The van der Waals surface area contributed by atoms with Gasteiger partial charge in [0.15, 0.2) is 6.23 Å². The Bertz CT molecular complexity index is 553. The second kappa shape index (κ2) is 6.74. The summed E-state index contributed by atoms with van der Waals surface area (Å²) in [5.41, 5.74) is -1.00. The molecule has 0 spiro atoms. The second-order valence-corrected chi connectivity index (χ2v) is 4.21. The van der Waals surface area contributed by atoms with Crippen molar-refractivity contribution in [2.75, 3.05) is 6.61 Å². The highest BCUT2D eigenvalue weighted by Gasteiger charge is 2.43. The van der Waals surface area contributed by atoms with Gasteiger partial charge in [-0.3, -0.25) is 14.3 Å². The third-order valence-electron chi connectivity index (χ3n) is 2.94. The average Bonchev–Trinajstić information content (AvgIpc) is 2.61. The number of nitrogens with zero attached hydrogens (tertiary/aromatic N) is 1. The van der Waals surface area contributed by atoms with Gasteiger partial charge >= 0.3 is 5.69 Å². The van der Waals surface area contributed by atoms with Crippen molar-refractivity contribution in [1.29, 1.82) is 0 Å². The molecule has 2 rings (SSSR count). The molecule has 0 bridgehead atoms. The van der Waals surface area contributed by atoms with Crippen LogP contribution in [0.25, 0.3) is 0 Å². The molecule has 0 unspecified atom stereocenters. The number of aliphatic hydroxyl groups is 3. The Kier molecular flexibility index (Phi) is 6.22. The van der Waals surface area contributed by atoms with Crippen molar-refractivity contribution in [3.8, 4) is 0 Å². The molecule has 1 aliphatic rings. The first-order valence-electron chi connectivity index (χ1n) is 5.40. The number of hydrogen-bond acceptors (Lipinski definition) is 6. The summed E-state index contributed by atoms with van der Waals surface area (Å²) in [5, 5.41) is 28.3. The summed E-state index contributed by atoms with van der Waals surface area (Å²) in [6.45, 7) is 1.02. The Morgan fingerprint density at radius 3 is 2.40 bits per heavy atom. The number of H-pyrrole nitrogens is 1. The fourth-order valence-corrected chi connectivity index (χ4v) is 1.88. The molecule has 0 radical (unpaired) electrons. The van der Waals surface area contributed by atoms with Gasteiger partial charge in [-0.15, -0.1) is 0 Å². The first kappa shape index (κ1) is 18.4. The maximum Gasteiger partial charge on any atom is 0.330 e. The minimum Gasteiger partial charge on any atom is -0.412 e. The van der Waals surface area contributed by atoms with E-state index < -0.39 is 42.4 Å². The van der Waals surface area contributed by atoms with Crippen LogP contribution in [0.5, 0.6) is 0 Å². The molecule has 0 aliphatic carbocycles. The molecule has 1 saturated heterocycles. The number of aliphatic hydroxyl groups excluding tert-OH is 3. The van der Waals surface area contributed by atoms with Gasteiger partial charge < -0.3 is 31.0 Å². The molecule has 10 heteroatoms. The summed E-state index contributed by atoms with van der Waals surface area (Å²) < 4.78 is 6.17. The Hall–Kier alpha value is -1.56. The van der Waals surface area contributed by atoms with E-state index in [1.807, 2.05) is 0 Å². The highest BCUT2D eigenvalue weighted by molar-refractivity contribution is 5.03. The monoisotopic (exact) mass is 294 g/mol. The Morgan fingerprint density at radius 1 is 1.30 bits per heavy atom.